The Kier molecular flexibility index (Phi) is 6.98. The zero-order valence-corrected chi connectivity index (χ0v) is 19.7. The minimum absolute atomic E-state index is 0.279. The summed E-state index contributed by atoms with van der Waals surface area (Å²) < 4.78 is 26.5. The first-order valence-electron chi connectivity index (χ1n) is 11.2. The van der Waals surface area contributed by atoms with Crippen LogP contribution in [0.2, 0.25) is 0 Å². The molecule has 0 radical (unpaired) electrons. The Morgan fingerprint density at radius 2 is 1.68 bits per heavy atom. The molecule has 1 saturated heterocycles. The first-order valence-corrected chi connectivity index (χ1v) is 12.2. The van der Waals surface area contributed by atoms with Crippen LogP contribution in [-0.4, -0.2) is 62.7 Å². The van der Waals surface area contributed by atoms with Crippen LogP contribution in [0.15, 0.2) is 58.2 Å². The van der Waals surface area contributed by atoms with Gasteiger partial charge in [-0.15, -0.1) is 10.2 Å². The van der Waals surface area contributed by atoms with Gasteiger partial charge in [0.25, 0.3) is 0 Å². The predicted molar refractivity (Wildman–Crippen MR) is 127 cm³/mol. The molecule has 0 atom stereocenters. The van der Waals surface area contributed by atoms with E-state index < -0.39 is 0 Å². The van der Waals surface area contributed by atoms with Crippen LogP contribution in [0.3, 0.4) is 0 Å². The van der Waals surface area contributed by atoms with E-state index >= 15 is 0 Å². The molecule has 5 rings (SSSR count). The van der Waals surface area contributed by atoms with Crippen molar-refractivity contribution in [3.63, 3.8) is 0 Å². The minimum atomic E-state index is -0.279. The zero-order valence-electron chi connectivity index (χ0n) is 18.9. The van der Waals surface area contributed by atoms with Crippen LogP contribution in [0.1, 0.15) is 11.5 Å². The first kappa shape index (κ1) is 22.7. The van der Waals surface area contributed by atoms with E-state index in [1.54, 1.807) is 12.1 Å². The molecular weight excluding hydrogens is 455 g/mol. The van der Waals surface area contributed by atoms with E-state index in [-0.39, 0.29) is 5.82 Å². The number of aryl methyl sites for hydroxylation is 1. The quantitative estimate of drug-likeness (QED) is 0.349. The Bertz CT molecular complexity index is 1220. The van der Waals surface area contributed by atoms with Crippen LogP contribution in [0.25, 0.3) is 22.8 Å². The maximum absolute atomic E-state index is 13.5. The molecule has 1 fully saturated rings. The number of ether oxygens (including phenoxy) is 1. The second kappa shape index (κ2) is 10.5. The van der Waals surface area contributed by atoms with E-state index in [9.17, 15) is 4.39 Å². The highest BCUT2D eigenvalue weighted by atomic mass is 32.2. The summed E-state index contributed by atoms with van der Waals surface area (Å²) in [5.41, 5.74) is 2.91. The van der Waals surface area contributed by atoms with Gasteiger partial charge in [-0.1, -0.05) is 46.7 Å². The van der Waals surface area contributed by atoms with E-state index in [0.717, 1.165) is 49.1 Å². The maximum Gasteiger partial charge on any atom is 0.237 e. The van der Waals surface area contributed by atoms with Gasteiger partial charge in [0.05, 0.1) is 19.0 Å². The molecule has 0 unspecified atom stereocenters. The molecule has 4 aromatic rings. The number of aromatic nitrogens is 5. The van der Waals surface area contributed by atoms with Crippen LogP contribution >= 0.6 is 11.8 Å². The molecule has 0 saturated carbocycles. The third-order valence-corrected chi connectivity index (χ3v) is 6.62. The Morgan fingerprint density at radius 3 is 2.44 bits per heavy atom. The molecule has 8 nitrogen and oxygen atoms in total. The van der Waals surface area contributed by atoms with E-state index in [0.29, 0.717) is 29.8 Å². The fraction of sp³-hybridized carbons (Fsp3) is 0.333. The summed E-state index contributed by atoms with van der Waals surface area (Å²) in [6.07, 6.45) is 0. The van der Waals surface area contributed by atoms with Gasteiger partial charge >= 0.3 is 0 Å². The molecule has 0 bridgehead atoms. The lowest BCUT2D eigenvalue weighted by molar-refractivity contribution is 0.0361. The highest BCUT2D eigenvalue weighted by Crippen LogP contribution is 2.27. The number of halogens is 1. The number of thioether (sulfide) groups is 1. The smallest absolute Gasteiger partial charge is 0.237 e. The fourth-order valence-electron chi connectivity index (χ4n) is 3.74. The van der Waals surface area contributed by atoms with Crippen LogP contribution in [0, 0.1) is 12.7 Å². The predicted octanol–water partition coefficient (Wildman–Crippen LogP) is 4.07. The second-order valence-electron chi connectivity index (χ2n) is 8.09. The van der Waals surface area contributed by atoms with Crippen LogP contribution < -0.4 is 0 Å². The van der Waals surface area contributed by atoms with Crippen molar-refractivity contribution in [3.05, 3.63) is 65.8 Å². The summed E-state index contributed by atoms with van der Waals surface area (Å²) in [6, 6.07) is 14.3. The molecule has 1 aliphatic heterocycles. The van der Waals surface area contributed by atoms with Gasteiger partial charge in [-0.2, -0.15) is 4.98 Å². The molecule has 0 N–H and O–H groups in total. The lowest BCUT2D eigenvalue weighted by Gasteiger charge is -2.27. The summed E-state index contributed by atoms with van der Waals surface area (Å²) in [7, 11) is 0. The number of hydrogen-bond acceptors (Lipinski definition) is 8. The Morgan fingerprint density at radius 1 is 0.941 bits per heavy atom. The molecule has 1 aliphatic rings. The molecule has 176 valence electrons. The number of nitrogens with zero attached hydrogens (tertiary/aromatic N) is 6. The van der Waals surface area contributed by atoms with Crippen LogP contribution in [0.5, 0.6) is 0 Å². The molecule has 0 amide bonds. The van der Waals surface area contributed by atoms with Gasteiger partial charge in [0, 0.05) is 37.3 Å². The molecule has 0 aliphatic carbocycles. The molecule has 3 heterocycles. The minimum Gasteiger partial charge on any atom is -0.379 e. The van der Waals surface area contributed by atoms with Crippen molar-refractivity contribution < 1.29 is 13.7 Å². The van der Waals surface area contributed by atoms with Crippen molar-refractivity contribution >= 4 is 11.8 Å². The lowest BCUT2D eigenvalue weighted by Crippen LogP contribution is -2.38. The molecule has 2 aromatic heterocycles. The topological polar surface area (TPSA) is 82.1 Å². The van der Waals surface area contributed by atoms with Crippen molar-refractivity contribution in [2.24, 2.45) is 0 Å². The van der Waals surface area contributed by atoms with Gasteiger partial charge in [-0.3, -0.25) is 4.90 Å². The summed E-state index contributed by atoms with van der Waals surface area (Å²) in [5, 5.41) is 13.7. The fourth-order valence-corrected chi connectivity index (χ4v) is 4.54. The van der Waals surface area contributed by atoms with Crippen molar-refractivity contribution in [1.82, 2.24) is 29.8 Å². The largest absolute Gasteiger partial charge is 0.379 e. The molecule has 10 heteroatoms. The molecular formula is C24H25FN6O2S. The zero-order chi connectivity index (χ0) is 23.3. The van der Waals surface area contributed by atoms with Gasteiger partial charge in [0.1, 0.15) is 5.82 Å². The van der Waals surface area contributed by atoms with Gasteiger partial charge in [0.2, 0.25) is 11.7 Å². The maximum atomic E-state index is 13.5. The van der Waals surface area contributed by atoms with Crippen LogP contribution in [-0.2, 0) is 17.0 Å². The van der Waals surface area contributed by atoms with Crippen molar-refractivity contribution in [2.45, 2.75) is 24.4 Å². The molecule has 2 aromatic carbocycles. The van der Waals surface area contributed by atoms with Gasteiger partial charge in [-0.05, 0) is 31.2 Å². The number of morpholine rings is 1. The lowest BCUT2D eigenvalue weighted by atomic mass is 10.1. The van der Waals surface area contributed by atoms with Crippen molar-refractivity contribution in [1.29, 1.82) is 0 Å². The highest BCUT2D eigenvalue weighted by Gasteiger charge is 2.18. The average Bonchev–Trinajstić information content (AvgIpc) is 3.50. The second-order valence-corrected chi connectivity index (χ2v) is 9.03. The summed E-state index contributed by atoms with van der Waals surface area (Å²) in [5.74, 6) is 1.99. The summed E-state index contributed by atoms with van der Waals surface area (Å²) >= 11 is 1.49. The highest BCUT2D eigenvalue weighted by molar-refractivity contribution is 7.98. The summed E-state index contributed by atoms with van der Waals surface area (Å²) in [4.78, 5) is 6.89. The average molecular weight is 481 g/mol. The van der Waals surface area contributed by atoms with Crippen molar-refractivity contribution in [3.8, 4) is 22.8 Å². The van der Waals surface area contributed by atoms with E-state index in [1.807, 2.05) is 31.2 Å². The monoisotopic (exact) mass is 480 g/mol. The van der Waals surface area contributed by atoms with E-state index in [1.165, 1.54) is 29.5 Å². The van der Waals surface area contributed by atoms with Gasteiger partial charge in [0.15, 0.2) is 11.0 Å². The Balaban J connectivity index is 1.33. The Labute approximate surface area is 201 Å². The van der Waals surface area contributed by atoms with Crippen LogP contribution in [0.4, 0.5) is 4.39 Å². The van der Waals surface area contributed by atoms with E-state index in [2.05, 4.69) is 29.8 Å². The number of benzene rings is 2. The number of rotatable bonds is 8. The normalized spacial score (nSPS) is 14.5. The number of hydrogen-bond donors (Lipinski definition) is 0. The SMILES string of the molecule is Cc1ccc(-c2noc(CSc3nnc(-c4ccc(F)cc4)n3CCN3CCOCC3)n2)cc1. The van der Waals surface area contributed by atoms with Gasteiger partial charge in [-0.25, -0.2) is 4.39 Å². The summed E-state index contributed by atoms with van der Waals surface area (Å²) in [6.45, 7) is 6.89. The van der Waals surface area contributed by atoms with E-state index in [4.69, 9.17) is 9.26 Å². The van der Waals surface area contributed by atoms with Crippen molar-refractivity contribution in [2.75, 3.05) is 32.8 Å². The molecule has 34 heavy (non-hydrogen) atoms. The third kappa shape index (κ3) is 5.35. The van der Waals surface area contributed by atoms with Gasteiger partial charge < -0.3 is 13.8 Å². The first-order chi connectivity index (χ1) is 16.7. The standard InChI is InChI=1S/C24H25FN6O2S/c1-17-2-4-18(5-3-17)22-26-21(33-29-22)16-34-24-28-27-23(19-6-8-20(25)9-7-19)31(24)11-10-30-12-14-32-15-13-30/h2-9H,10-16H2,1H3. The molecule has 0 spiro atoms. The third-order valence-electron chi connectivity index (χ3n) is 5.67. The Hall–Kier alpha value is -3.08.